The number of piperidine rings is 1. The maximum Gasteiger partial charge on any atom is 0.307 e. The van der Waals surface area contributed by atoms with Crippen molar-refractivity contribution in [2.24, 2.45) is 5.92 Å². The van der Waals surface area contributed by atoms with Crippen molar-refractivity contribution in [2.45, 2.75) is 17.7 Å². The molecule has 0 radical (unpaired) electrons. The monoisotopic (exact) mass is 299 g/mol. The Morgan fingerprint density at radius 1 is 1.45 bits per heavy atom. The number of carboxylic acids is 1. The Bertz CT molecular complexity index is 599. The number of rotatable bonds is 4. The average molecular weight is 299 g/mol. The maximum absolute atomic E-state index is 12.5. The quantitative estimate of drug-likeness (QED) is 0.902. The van der Waals surface area contributed by atoms with Crippen molar-refractivity contribution in [1.82, 2.24) is 4.31 Å². The zero-order valence-electron chi connectivity index (χ0n) is 11.2. The minimum atomic E-state index is -3.67. The molecule has 1 aliphatic heterocycles. The van der Waals surface area contributed by atoms with Crippen LogP contribution < -0.4 is 4.74 Å². The number of benzene rings is 1. The molecule has 20 heavy (non-hydrogen) atoms. The van der Waals surface area contributed by atoms with Gasteiger partial charge in [0.15, 0.2) is 0 Å². The molecule has 2 rings (SSSR count). The van der Waals surface area contributed by atoms with Gasteiger partial charge in [-0.05, 0) is 25.0 Å². The zero-order valence-corrected chi connectivity index (χ0v) is 12.0. The van der Waals surface area contributed by atoms with E-state index in [9.17, 15) is 13.2 Å². The van der Waals surface area contributed by atoms with Gasteiger partial charge >= 0.3 is 5.97 Å². The van der Waals surface area contributed by atoms with Crippen molar-refractivity contribution in [3.63, 3.8) is 0 Å². The highest BCUT2D eigenvalue weighted by Gasteiger charge is 2.33. The van der Waals surface area contributed by atoms with E-state index < -0.39 is 21.9 Å². The molecule has 0 unspecified atom stereocenters. The number of aliphatic carboxylic acids is 1. The number of methoxy groups -OCH3 is 1. The number of carbonyl (C=O) groups is 1. The highest BCUT2D eigenvalue weighted by atomic mass is 32.2. The SMILES string of the molecule is COc1cccc(S(=O)(=O)N2CCC[C@H](C(=O)O)C2)c1. The Kier molecular flexibility index (Phi) is 4.29. The number of nitrogens with zero attached hydrogens (tertiary/aromatic N) is 1. The van der Waals surface area contributed by atoms with Gasteiger partial charge in [0.25, 0.3) is 0 Å². The molecule has 0 amide bonds. The van der Waals surface area contributed by atoms with Crippen LogP contribution in [0, 0.1) is 5.92 Å². The van der Waals surface area contributed by atoms with Crippen LogP contribution in [0.5, 0.6) is 5.75 Å². The molecule has 1 aromatic rings. The molecule has 0 saturated carbocycles. The van der Waals surface area contributed by atoms with Gasteiger partial charge in [-0.25, -0.2) is 8.42 Å². The third-order valence-corrected chi connectivity index (χ3v) is 5.27. The summed E-state index contributed by atoms with van der Waals surface area (Å²) < 4.78 is 31.3. The van der Waals surface area contributed by atoms with Crippen molar-refractivity contribution in [3.8, 4) is 5.75 Å². The largest absolute Gasteiger partial charge is 0.497 e. The third kappa shape index (κ3) is 2.94. The summed E-state index contributed by atoms with van der Waals surface area (Å²) in [6.45, 7) is 0.373. The normalized spacial score (nSPS) is 20.6. The molecule has 1 aliphatic rings. The molecule has 1 atom stereocenters. The minimum Gasteiger partial charge on any atom is -0.497 e. The molecule has 1 aromatic carbocycles. The minimum absolute atomic E-state index is 0.0227. The van der Waals surface area contributed by atoms with Crippen LogP contribution in [0.4, 0.5) is 0 Å². The Labute approximate surface area is 118 Å². The predicted octanol–water partition coefficient (Wildman–Crippen LogP) is 1.18. The predicted molar refractivity (Wildman–Crippen MR) is 72.1 cm³/mol. The molecular formula is C13H17NO5S. The van der Waals surface area contributed by atoms with Crippen molar-refractivity contribution in [3.05, 3.63) is 24.3 Å². The fourth-order valence-electron chi connectivity index (χ4n) is 2.27. The van der Waals surface area contributed by atoms with E-state index in [1.165, 1.54) is 23.5 Å². The van der Waals surface area contributed by atoms with Gasteiger partial charge in [0.1, 0.15) is 5.75 Å². The fourth-order valence-corrected chi connectivity index (χ4v) is 3.83. The number of ether oxygens (including phenoxy) is 1. The first-order valence-corrected chi connectivity index (χ1v) is 7.76. The Hall–Kier alpha value is -1.60. The highest BCUT2D eigenvalue weighted by Crippen LogP contribution is 2.25. The van der Waals surface area contributed by atoms with E-state index in [2.05, 4.69) is 0 Å². The van der Waals surface area contributed by atoms with E-state index >= 15 is 0 Å². The van der Waals surface area contributed by atoms with Gasteiger partial charge in [-0.1, -0.05) is 6.07 Å². The van der Waals surface area contributed by atoms with Gasteiger partial charge < -0.3 is 9.84 Å². The third-order valence-electron chi connectivity index (χ3n) is 3.41. The Morgan fingerprint density at radius 2 is 2.20 bits per heavy atom. The van der Waals surface area contributed by atoms with Crippen molar-refractivity contribution in [2.75, 3.05) is 20.2 Å². The van der Waals surface area contributed by atoms with Gasteiger partial charge in [0.2, 0.25) is 10.0 Å². The summed E-state index contributed by atoms with van der Waals surface area (Å²) >= 11 is 0. The Morgan fingerprint density at radius 3 is 2.85 bits per heavy atom. The summed E-state index contributed by atoms with van der Waals surface area (Å²) in [5, 5.41) is 9.03. The highest BCUT2D eigenvalue weighted by molar-refractivity contribution is 7.89. The van der Waals surface area contributed by atoms with E-state index in [4.69, 9.17) is 9.84 Å². The number of sulfonamides is 1. The first kappa shape index (κ1) is 14.8. The molecular weight excluding hydrogens is 282 g/mol. The number of hydrogen-bond donors (Lipinski definition) is 1. The molecule has 0 aliphatic carbocycles. The molecule has 0 aromatic heterocycles. The maximum atomic E-state index is 12.5. The summed E-state index contributed by atoms with van der Waals surface area (Å²) in [6.07, 6.45) is 1.07. The molecule has 1 heterocycles. The smallest absolute Gasteiger partial charge is 0.307 e. The topological polar surface area (TPSA) is 83.9 Å². The zero-order chi connectivity index (χ0) is 14.8. The second-order valence-electron chi connectivity index (χ2n) is 4.72. The second-order valence-corrected chi connectivity index (χ2v) is 6.66. The van der Waals surface area contributed by atoms with Crippen LogP contribution in [0.2, 0.25) is 0 Å². The van der Waals surface area contributed by atoms with Crippen molar-refractivity contribution < 1.29 is 23.1 Å². The summed E-state index contributed by atoms with van der Waals surface area (Å²) in [6, 6.07) is 6.20. The lowest BCUT2D eigenvalue weighted by atomic mass is 10.0. The van der Waals surface area contributed by atoms with E-state index in [1.54, 1.807) is 12.1 Å². The van der Waals surface area contributed by atoms with E-state index in [1.807, 2.05) is 0 Å². The van der Waals surface area contributed by atoms with Crippen LogP contribution in [0.15, 0.2) is 29.2 Å². The molecule has 1 fully saturated rings. The van der Waals surface area contributed by atoms with Crippen LogP contribution in [0.25, 0.3) is 0 Å². The van der Waals surface area contributed by atoms with Crippen LogP contribution in [-0.2, 0) is 14.8 Å². The standard InChI is InChI=1S/C13H17NO5S/c1-19-11-5-2-6-12(8-11)20(17,18)14-7-3-4-10(9-14)13(15)16/h2,5-6,8,10H,3-4,7,9H2,1H3,(H,15,16)/t10-/m0/s1. The second kappa shape index (κ2) is 5.80. The van der Waals surface area contributed by atoms with Crippen molar-refractivity contribution in [1.29, 1.82) is 0 Å². The van der Waals surface area contributed by atoms with Crippen LogP contribution in [-0.4, -0.2) is 44.0 Å². The first-order chi connectivity index (χ1) is 9.45. The van der Waals surface area contributed by atoms with Gasteiger partial charge in [0.05, 0.1) is 17.9 Å². The molecule has 7 heteroatoms. The molecule has 0 bridgehead atoms. The Balaban J connectivity index is 2.27. The van der Waals surface area contributed by atoms with E-state index in [0.717, 1.165) is 0 Å². The summed E-state index contributed by atoms with van der Waals surface area (Å²) in [5.74, 6) is -1.13. The van der Waals surface area contributed by atoms with E-state index in [-0.39, 0.29) is 11.4 Å². The number of hydrogen-bond acceptors (Lipinski definition) is 4. The van der Waals surface area contributed by atoms with Gasteiger partial charge in [-0.15, -0.1) is 0 Å². The van der Waals surface area contributed by atoms with Gasteiger partial charge in [0, 0.05) is 19.2 Å². The van der Waals surface area contributed by atoms with Crippen LogP contribution in [0.1, 0.15) is 12.8 Å². The fraction of sp³-hybridized carbons (Fsp3) is 0.462. The molecule has 1 N–H and O–H groups in total. The molecule has 0 spiro atoms. The molecule has 6 nitrogen and oxygen atoms in total. The number of carboxylic acid groups (broad SMARTS) is 1. The van der Waals surface area contributed by atoms with E-state index in [0.29, 0.717) is 25.1 Å². The van der Waals surface area contributed by atoms with Gasteiger partial charge in [-0.3, -0.25) is 4.79 Å². The summed E-state index contributed by atoms with van der Waals surface area (Å²) in [5.41, 5.74) is 0. The lowest BCUT2D eigenvalue weighted by molar-refractivity contribution is -0.142. The van der Waals surface area contributed by atoms with Gasteiger partial charge in [-0.2, -0.15) is 4.31 Å². The lowest BCUT2D eigenvalue weighted by Crippen LogP contribution is -2.42. The summed E-state index contributed by atoms with van der Waals surface area (Å²) in [4.78, 5) is 11.1. The first-order valence-electron chi connectivity index (χ1n) is 6.32. The van der Waals surface area contributed by atoms with Crippen LogP contribution in [0.3, 0.4) is 0 Å². The molecule has 1 saturated heterocycles. The summed E-state index contributed by atoms with van der Waals surface area (Å²) in [7, 11) is -2.21. The molecule has 110 valence electrons. The average Bonchev–Trinajstić information content (AvgIpc) is 2.47. The lowest BCUT2D eigenvalue weighted by Gasteiger charge is -2.29. The van der Waals surface area contributed by atoms with Crippen LogP contribution >= 0.6 is 0 Å². The van der Waals surface area contributed by atoms with Crippen molar-refractivity contribution >= 4 is 16.0 Å².